The van der Waals surface area contributed by atoms with Crippen LogP contribution in [0.2, 0.25) is 0 Å². The predicted molar refractivity (Wildman–Crippen MR) is 86.5 cm³/mol. The molecule has 0 amide bonds. The molecule has 4 heteroatoms. The van der Waals surface area contributed by atoms with Gasteiger partial charge in [0.05, 0.1) is 13.5 Å². The normalized spacial score (nSPS) is 10.7. The average Bonchev–Trinajstić information content (AvgIpc) is 2.92. The Bertz CT molecular complexity index is 875. The van der Waals surface area contributed by atoms with Crippen LogP contribution in [0.25, 0.3) is 11.0 Å². The van der Waals surface area contributed by atoms with Crippen molar-refractivity contribution < 1.29 is 18.7 Å². The Hall–Kier alpha value is -2.88. The van der Waals surface area contributed by atoms with Crippen molar-refractivity contribution in [2.75, 3.05) is 7.11 Å². The molecule has 0 saturated heterocycles. The average molecular weight is 308 g/mol. The number of ether oxygens (including phenoxy) is 1. The highest BCUT2D eigenvalue weighted by Crippen LogP contribution is 2.29. The highest BCUT2D eigenvalue weighted by Gasteiger charge is 2.23. The number of carbonyl (C=O) groups is 2. The summed E-state index contributed by atoms with van der Waals surface area (Å²) in [5, 5.41) is 0.764. The fraction of sp³-hybridized carbons (Fsp3) is 0.158. The van der Waals surface area contributed by atoms with E-state index >= 15 is 0 Å². The van der Waals surface area contributed by atoms with Gasteiger partial charge in [-0.3, -0.25) is 9.59 Å². The summed E-state index contributed by atoms with van der Waals surface area (Å²) in [6.45, 7) is 1.95. The first kappa shape index (κ1) is 15.0. The number of furan rings is 1. The van der Waals surface area contributed by atoms with Gasteiger partial charge in [-0.2, -0.15) is 0 Å². The Morgan fingerprint density at radius 1 is 1.09 bits per heavy atom. The Labute approximate surface area is 133 Å². The zero-order valence-electron chi connectivity index (χ0n) is 13.0. The molecule has 0 atom stereocenters. The van der Waals surface area contributed by atoms with Crippen molar-refractivity contribution in [1.82, 2.24) is 0 Å². The molecule has 1 aromatic heterocycles. The lowest BCUT2D eigenvalue weighted by atomic mass is 10.0. The van der Waals surface area contributed by atoms with Crippen molar-refractivity contribution in [2.45, 2.75) is 13.3 Å². The second-order valence-electron chi connectivity index (χ2n) is 5.36. The van der Waals surface area contributed by atoms with Gasteiger partial charge >= 0.3 is 5.97 Å². The number of ketones is 1. The smallest absolute Gasteiger partial charge is 0.310 e. The second kappa shape index (κ2) is 6.08. The molecule has 1 heterocycles. The zero-order chi connectivity index (χ0) is 16.4. The zero-order valence-corrected chi connectivity index (χ0v) is 13.0. The summed E-state index contributed by atoms with van der Waals surface area (Å²) in [7, 11) is 1.33. The van der Waals surface area contributed by atoms with Gasteiger partial charge in [-0.25, -0.2) is 0 Å². The first-order valence-corrected chi connectivity index (χ1v) is 7.28. The molecule has 0 fully saturated rings. The first-order valence-electron chi connectivity index (χ1n) is 7.28. The number of fused-ring (bicyclic) bond motifs is 1. The van der Waals surface area contributed by atoms with E-state index in [4.69, 9.17) is 9.15 Å². The van der Waals surface area contributed by atoms with Crippen LogP contribution in [0.15, 0.2) is 52.9 Å². The third-order valence-electron chi connectivity index (χ3n) is 3.74. The van der Waals surface area contributed by atoms with Crippen molar-refractivity contribution in [2.24, 2.45) is 0 Å². The fourth-order valence-electron chi connectivity index (χ4n) is 2.55. The van der Waals surface area contributed by atoms with E-state index in [9.17, 15) is 9.59 Å². The van der Waals surface area contributed by atoms with E-state index in [1.165, 1.54) is 7.11 Å². The molecule has 0 unspecified atom stereocenters. The summed E-state index contributed by atoms with van der Waals surface area (Å²) < 4.78 is 10.5. The topological polar surface area (TPSA) is 56.5 Å². The summed E-state index contributed by atoms with van der Waals surface area (Å²) in [5.41, 5.74) is 2.72. The number of methoxy groups -OCH3 is 1. The van der Waals surface area contributed by atoms with Crippen LogP contribution in [0.1, 0.15) is 27.2 Å². The number of benzene rings is 2. The molecule has 0 bridgehead atoms. The highest BCUT2D eigenvalue weighted by molar-refractivity contribution is 6.11. The highest BCUT2D eigenvalue weighted by atomic mass is 16.5. The van der Waals surface area contributed by atoms with Gasteiger partial charge in [0.1, 0.15) is 5.58 Å². The first-order chi connectivity index (χ1) is 11.1. The minimum atomic E-state index is -0.407. The van der Waals surface area contributed by atoms with Gasteiger partial charge in [-0.1, -0.05) is 42.5 Å². The third kappa shape index (κ3) is 2.88. The molecule has 0 aliphatic rings. The lowest BCUT2D eigenvalue weighted by molar-refractivity contribution is -0.139. The maximum absolute atomic E-state index is 12.7. The maximum atomic E-state index is 12.7. The summed E-state index contributed by atoms with van der Waals surface area (Å²) >= 11 is 0. The van der Waals surface area contributed by atoms with E-state index in [1.807, 2.05) is 31.2 Å². The molecule has 3 rings (SSSR count). The van der Waals surface area contributed by atoms with E-state index < -0.39 is 5.97 Å². The summed E-state index contributed by atoms with van der Waals surface area (Å²) in [5.74, 6) is -0.448. The van der Waals surface area contributed by atoms with E-state index in [0.29, 0.717) is 16.7 Å². The molecule has 3 aromatic rings. The van der Waals surface area contributed by atoms with Crippen LogP contribution in [-0.4, -0.2) is 18.9 Å². The van der Waals surface area contributed by atoms with Crippen LogP contribution in [0, 0.1) is 6.92 Å². The van der Waals surface area contributed by atoms with E-state index in [2.05, 4.69) is 0 Å². The number of aryl methyl sites for hydroxylation is 1. The van der Waals surface area contributed by atoms with Gasteiger partial charge in [-0.15, -0.1) is 0 Å². The number of carbonyl (C=O) groups excluding carboxylic acids is 2. The SMILES string of the molecule is COC(=O)Cc1c(C(=O)c2ccccc2)oc2cc(C)ccc12. The van der Waals surface area contributed by atoms with Crippen LogP contribution in [0.4, 0.5) is 0 Å². The van der Waals surface area contributed by atoms with Crippen molar-refractivity contribution in [3.05, 3.63) is 71.0 Å². The van der Waals surface area contributed by atoms with Gasteiger partial charge in [0, 0.05) is 16.5 Å². The molecule has 0 aliphatic heterocycles. The Balaban J connectivity index is 2.16. The van der Waals surface area contributed by atoms with Crippen LogP contribution >= 0.6 is 0 Å². The largest absolute Gasteiger partial charge is 0.469 e. The minimum absolute atomic E-state index is 0.000464. The quantitative estimate of drug-likeness (QED) is 0.545. The predicted octanol–water partition coefficient (Wildman–Crippen LogP) is 3.69. The van der Waals surface area contributed by atoms with Crippen molar-refractivity contribution in [3.63, 3.8) is 0 Å². The standard InChI is InChI=1S/C19H16O4/c1-12-8-9-14-15(11-17(20)22-2)19(23-16(14)10-12)18(21)13-6-4-3-5-7-13/h3-10H,11H2,1-2H3. The van der Waals surface area contributed by atoms with Gasteiger partial charge < -0.3 is 9.15 Å². The lowest BCUT2D eigenvalue weighted by Crippen LogP contribution is -2.09. The van der Waals surface area contributed by atoms with E-state index in [0.717, 1.165) is 10.9 Å². The van der Waals surface area contributed by atoms with Crippen molar-refractivity contribution in [3.8, 4) is 0 Å². The van der Waals surface area contributed by atoms with E-state index in [1.54, 1.807) is 24.3 Å². The molecule has 0 N–H and O–H groups in total. The van der Waals surface area contributed by atoms with Crippen LogP contribution in [0.3, 0.4) is 0 Å². The van der Waals surface area contributed by atoms with Gasteiger partial charge in [0.2, 0.25) is 5.78 Å². The molecule has 0 saturated carbocycles. The lowest BCUT2D eigenvalue weighted by Gasteiger charge is -2.02. The Kier molecular flexibility index (Phi) is 3.98. The summed E-state index contributed by atoms with van der Waals surface area (Å²) in [4.78, 5) is 24.5. The number of rotatable bonds is 4. The summed E-state index contributed by atoms with van der Waals surface area (Å²) in [6.07, 6.45) is 0.000464. The number of esters is 1. The third-order valence-corrected chi connectivity index (χ3v) is 3.74. The molecule has 116 valence electrons. The Morgan fingerprint density at radius 2 is 1.83 bits per heavy atom. The molecule has 2 aromatic carbocycles. The number of hydrogen-bond donors (Lipinski definition) is 0. The fourth-order valence-corrected chi connectivity index (χ4v) is 2.55. The molecule has 0 aliphatic carbocycles. The van der Waals surface area contributed by atoms with Crippen LogP contribution in [-0.2, 0) is 16.0 Å². The maximum Gasteiger partial charge on any atom is 0.310 e. The molecular weight excluding hydrogens is 292 g/mol. The van der Waals surface area contributed by atoms with Gasteiger partial charge in [0.25, 0.3) is 0 Å². The van der Waals surface area contributed by atoms with E-state index in [-0.39, 0.29) is 18.0 Å². The Morgan fingerprint density at radius 3 is 2.52 bits per heavy atom. The molecular formula is C19H16O4. The number of hydrogen-bond acceptors (Lipinski definition) is 4. The molecule has 0 radical (unpaired) electrons. The minimum Gasteiger partial charge on any atom is -0.469 e. The summed E-state index contributed by atoms with van der Waals surface area (Å²) in [6, 6.07) is 14.5. The van der Waals surface area contributed by atoms with Crippen LogP contribution in [0.5, 0.6) is 0 Å². The second-order valence-corrected chi connectivity index (χ2v) is 5.36. The van der Waals surface area contributed by atoms with Crippen molar-refractivity contribution >= 4 is 22.7 Å². The van der Waals surface area contributed by atoms with Crippen LogP contribution < -0.4 is 0 Å². The molecule has 4 nitrogen and oxygen atoms in total. The monoisotopic (exact) mass is 308 g/mol. The van der Waals surface area contributed by atoms with Gasteiger partial charge in [0.15, 0.2) is 5.76 Å². The molecule has 0 spiro atoms. The molecule has 23 heavy (non-hydrogen) atoms. The van der Waals surface area contributed by atoms with Gasteiger partial charge in [-0.05, 0) is 18.6 Å². The van der Waals surface area contributed by atoms with Crippen molar-refractivity contribution in [1.29, 1.82) is 0 Å².